The van der Waals surface area contributed by atoms with Gasteiger partial charge in [-0.15, -0.1) is 0 Å². The van der Waals surface area contributed by atoms with Crippen LogP contribution in [0.3, 0.4) is 0 Å². The van der Waals surface area contributed by atoms with E-state index in [9.17, 15) is 14.9 Å². The first-order valence-corrected chi connectivity index (χ1v) is 10.4. The van der Waals surface area contributed by atoms with Crippen molar-refractivity contribution in [3.8, 4) is 17.2 Å². The van der Waals surface area contributed by atoms with Crippen LogP contribution in [0.2, 0.25) is 5.02 Å². The Labute approximate surface area is 197 Å². The molecule has 0 atom stereocenters. The molecule has 3 aromatic carbocycles. The predicted octanol–water partition coefficient (Wildman–Crippen LogP) is 6.22. The molecule has 0 aromatic heterocycles. The highest BCUT2D eigenvalue weighted by Gasteiger charge is 2.13. The van der Waals surface area contributed by atoms with Crippen molar-refractivity contribution in [2.45, 2.75) is 6.61 Å². The third-order valence-electron chi connectivity index (χ3n) is 4.26. The maximum atomic E-state index is 12.1. The number of carbonyl (C=O) groups excluding carboxylic acids is 1. The first-order valence-electron chi connectivity index (χ1n) is 9.25. The summed E-state index contributed by atoms with van der Waals surface area (Å²) in [5, 5.41) is 11.3. The molecular formula is C23H17BrClNO6. The maximum absolute atomic E-state index is 12.1. The zero-order valence-corrected chi connectivity index (χ0v) is 19.1. The van der Waals surface area contributed by atoms with Crippen molar-refractivity contribution in [1.29, 1.82) is 0 Å². The van der Waals surface area contributed by atoms with E-state index in [1.165, 1.54) is 37.5 Å². The van der Waals surface area contributed by atoms with E-state index in [4.69, 9.17) is 25.8 Å². The van der Waals surface area contributed by atoms with Crippen molar-refractivity contribution < 1.29 is 23.9 Å². The Morgan fingerprint density at radius 2 is 1.88 bits per heavy atom. The number of halogens is 2. The van der Waals surface area contributed by atoms with Crippen LogP contribution in [-0.4, -0.2) is 18.0 Å². The summed E-state index contributed by atoms with van der Waals surface area (Å²) < 4.78 is 17.1. The van der Waals surface area contributed by atoms with Crippen LogP contribution < -0.4 is 14.2 Å². The van der Waals surface area contributed by atoms with Crippen LogP contribution in [0.4, 0.5) is 5.69 Å². The van der Waals surface area contributed by atoms with Crippen molar-refractivity contribution in [3.63, 3.8) is 0 Å². The van der Waals surface area contributed by atoms with E-state index >= 15 is 0 Å². The average molecular weight is 519 g/mol. The van der Waals surface area contributed by atoms with Crippen molar-refractivity contribution in [2.24, 2.45) is 0 Å². The summed E-state index contributed by atoms with van der Waals surface area (Å²) in [4.78, 5) is 22.2. The fourth-order valence-corrected chi connectivity index (χ4v) is 3.46. The summed E-state index contributed by atoms with van der Waals surface area (Å²) in [6.45, 7) is 0.255. The third kappa shape index (κ3) is 6.09. The molecule has 0 N–H and O–H groups in total. The average Bonchev–Trinajstić information content (AvgIpc) is 2.78. The van der Waals surface area contributed by atoms with Gasteiger partial charge in [0.25, 0.3) is 5.69 Å². The second-order valence-corrected chi connectivity index (χ2v) is 7.68. The molecule has 0 amide bonds. The topological polar surface area (TPSA) is 87.9 Å². The molecule has 0 aliphatic heterocycles. The van der Waals surface area contributed by atoms with Crippen LogP contribution in [0.25, 0.3) is 6.08 Å². The van der Waals surface area contributed by atoms with Gasteiger partial charge in [0.05, 0.1) is 16.5 Å². The SMILES string of the molecule is COc1cc(/C=C/C(=O)Oc2ccc([N+](=O)[O-])cc2)cc(Br)c1OCc1ccccc1Cl. The van der Waals surface area contributed by atoms with Crippen molar-refractivity contribution in [1.82, 2.24) is 0 Å². The quantitative estimate of drug-likeness (QED) is 0.116. The molecule has 0 fully saturated rings. The number of hydrogen-bond donors (Lipinski definition) is 0. The molecule has 7 nitrogen and oxygen atoms in total. The van der Waals surface area contributed by atoms with E-state index in [-0.39, 0.29) is 18.0 Å². The number of nitro groups is 1. The van der Waals surface area contributed by atoms with Crippen LogP contribution in [0, 0.1) is 10.1 Å². The Hall–Kier alpha value is -3.36. The Balaban J connectivity index is 1.69. The van der Waals surface area contributed by atoms with Gasteiger partial charge in [0.15, 0.2) is 11.5 Å². The molecule has 0 radical (unpaired) electrons. The molecule has 0 bridgehead atoms. The lowest BCUT2D eigenvalue weighted by Gasteiger charge is -2.14. The normalized spacial score (nSPS) is 10.7. The molecule has 3 aromatic rings. The highest BCUT2D eigenvalue weighted by molar-refractivity contribution is 9.10. The first kappa shape index (κ1) is 23.3. The van der Waals surface area contributed by atoms with E-state index in [2.05, 4.69) is 15.9 Å². The van der Waals surface area contributed by atoms with Gasteiger partial charge in [-0.25, -0.2) is 4.79 Å². The van der Waals surface area contributed by atoms with E-state index in [1.807, 2.05) is 18.2 Å². The Morgan fingerprint density at radius 1 is 1.16 bits per heavy atom. The lowest BCUT2D eigenvalue weighted by atomic mass is 10.2. The first-order chi connectivity index (χ1) is 15.4. The molecule has 3 rings (SSSR count). The van der Waals surface area contributed by atoms with Gasteiger partial charge in [0, 0.05) is 28.8 Å². The predicted molar refractivity (Wildman–Crippen MR) is 124 cm³/mol. The zero-order chi connectivity index (χ0) is 23.1. The molecule has 0 spiro atoms. The van der Waals surface area contributed by atoms with Crippen LogP contribution in [0.5, 0.6) is 17.2 Å². The minimum atomic E-state index is -0.631. The number of methoxy groups -OCH3 is 1. The number of non-ortho nitro benzene ring substituents is 1. The largest absolute Gasteiger partial charge is 0.493 e. The molecule has 0 heterocycles. The van der Waals surface area contributed by atoms with Crippen LogP contribution >= 0.6 is 27.5 Å². The number of hydrogen-bond acceptors (Lipinski definition) is 6. The highest BCUT2D eigenvalue weighted by Crippen LogP contribution is 2.38. The molecule has 9 heteroatoms. The van der Waals surface area contributed by atoms with Gasteiger partial charge in [0.2, 0.25) is 0 Å². The number of rotatable bonds is 8. The zero-order valence-electron chi connectivity index (χ0n) is 16.8. The summed E-state index contributed by atoms with van der Waals surface area (Å²) in [5.41, 5.74) is 1.41. The number of esters is 1. The van der Waals surface area contributed by atoms with Gasteiger partial charge in [-0.1, -0.05) is 29.8 Å². The minimum absolute atomic E-state index is 0.0888. The van der Waals surface area contributed by atoms with Crippen LogP contribution in [-0.2, 0) is 11.4 Å². The smallest absolute Gasteiger partial charge is 0.336 e. The van der Waals surface area contributed by atoms with Gasteiger partial charge < -0.3 is 14.2 Å². The van der Waals surface area contributed by atoms with Gasteiger partial charge in [0.1, 0.15) is 12.4 Å². The summed E-state index contributed by atoms with van der Waals surface area (Å²) in [6.07, 6.45) is 2.80. The molecule has 0 saturated carbocycles. The van der Waals surface area contributed by atoms with E-state index < -0.39 is 10.9 Å². The van der Waals surface area contributed by atoms with Crippen molar-refractivity contribution in [3.05, 3.63) is 97.5 Å². The van der Waals surface area contributed by atoms with Gasteiger partial charge in [-0.3, -0.25) is 10.1 Å². The molecule has 0 unspecified atom stereocenters. The third-order valence-corrected chi connectivity index (χ3v) is 5.22. The standard InChI is InChI=1S/C23H17BrClNO6/c1-30-21-13-15(6-11-22(27)32-18-9-7-17(8-10-18)26(28)29)12-19(24)23(21)31-14-16-4-2-3-5-20(16)25/h2-13H,14H2,1H3/b11-6+. The summed E-state index contributed by atoms with van der Waals surface area (Å²) in [6, 6.07) is 16.1. The Morgan fingerprint density at radius 3 is 2.53 bits per heavy atom. The van der Waals surface area contributed by atoms with E-state index in [1.54, 1.807) is 24.3 Å². The van der Waals surface area contributed by atoms with Crippen LogP contribution in [0.15, 0.2) is 71.2 Å². The Bertz CT molecular complexity index is 1160. The number of ether oxygens (including phenoxy) is 3. The monoisotopic (exact) mass is 517 g/mol. The van der Waals surface area contributed by atoms with Gasteiger partial charge in [-0.2, -0.15) is 0 Å². The van der Waals surface area contributed by atoms with Crippen LogP contribution in [0.1, 0.15) is 11.1 Å². The Kier molecular flexibility index (Phi) is 7.86. The number of nitro benzene ring substituents is 1. The second kappa shape index (κ2) is 10.8. The lowest BCUT2D eigenvalue weighted by Crippen LogP contribution is -2.03. The summed E-state index contributed by atoms with van der Waals surface area (Å²) in [7, 11) is 1.51. The number of nitrogens with zero attached hydrogens (tertiary/aromatic N) is 1. The second-order valence-electron chi connectivity index (χ2n) is 6.42. The molecular weight excluding hydrogens is 502 g/mol. The van der Waals surface area contributed by atoms with Crippen molar-refractivity contribution >= 4 is 45.3 Å². The van der Waals surface area contributed by atoms with Crippen molar-refractivity contribution in [2.75, 3.05) is 7.11 Å². The number of benzene rings is 3. The molecule has 164 valence electrons. The maximum Gasteiger partial charge on any atom is 0.336 e. The number of carbonyl (C=O) groups is 1. The summed E-state index contributed by atoms with van der Waals surface area (Å²) in [5.74, 6) is 0.535. The van der Waals surface area contributed by atoms with Gasteiger partial charge in [-0.05, 0) is 57.9 Å². The van der Waals surface area contributed by atoms with E-state index in [0.717, 1.165) is 5.56 Å². The molecule has 0 aliphatic rings. The molecule has 0 saturated heterocycles. The summed E-state index contributed by atoms with van der Waals surface area (Å²) >= 11 is 9.64. The highest BCUT2D eigenvalue weighted by atomic mass is 79.9. The fourth-order valence-electron chi connectivity index (χ4n) is 2.69. The molecule has 0 aliphatic carbocycles. The van der Waals surface area contributed by atoms with Gasteiger partial charge >= 0.3 is 5.97 Å². The fraction of sp³-hybridized carbons (Fsp3) is 0.0870. The minimum Gasteiger partial charge on any atom is -0.493 e. The molecule has 32 heavy (non-hydrogen) atoms. The lowest BCUT2D eigenvalue weighted by molar-refractivity contribution is -0.384. The van der Waals surface area contributed by atoms with E-state index in [0.29, 0.717) is 26.6 Å².